The highest BCUT2D eigenvalue weighted by Gasteiger charge is 2.41. The first-order chi connectivity index (χ1) is 16.2. The number of carbonyl (C=O) groups excluding carboxylic acids is 1. The number of carboxylic acid groups (broad SMARTS) is 1. The summed E-state index contributed by atoms with van der Waals surface area (Å²) in [6.07, 6.45) is 1.22. The highest BCUT2D eigenvalue weighted by atomic mass is 28.3. The average molecular weight is 501 g/mol. The quantitative estimate of drug-likeness (QED) is 0.223. The van der Waals surface area contributed by atoms with Crippen LogP contribution in [0.25, 0.3) is 10.9 Å². The van der Waals surface area contributed by atoms with Crippen LogP contribution in [0.5, 0.6) is 5.75 Å². The lowest BCUT2D eigenvalue weighted by atomic mass is 10.0. The third-order valence-electron chi connectivity index (χ3n) is 6.34. The summed E-state index contributed by atoms with van der Waals surface area (Å²) < 4.78 is 11.1. The van der Waals surface area contributed by atoms with E-state index in [1.54, 1.807) is 27.0 Å². The minimum Gasteiger partial charge on any atom is -0.490 e. The molecule has 0 aliphatic carbocycles. The summed E-state index contributed by atoms with van der Waals surface area (Å²) >= 11 is 0. The van der Waals surface area contributed by atoms with Crippen molar-refractivity contribution in [1.29, 1.82) is 0 Å². The van der Waals surface area contributed by atoms with Crippen LogP contribution in [0.4, 0.5) is 4.79 Å². The van der Waals surface area contributed by atoms with Crippen LogP contribution in [0.15, 0.2) is 18.3 Å². The molecule has 3 N–H and O–H groups in total. The van der Waals surface area contributed by atoms with Crippen LogP contribution in [0.3, 0.4) is 0 Å². The Bertz CT molecular complexity index is 1090. The Balaban J connectivity index is 2.41. The largest absolute Gasteiger partial charge is 0.490 e. The third-order valence-corrected chi connectivity index (χ3v) is 12.6. The van der Waals surface area contributed by atoms with Gasteiger partial charge < -0.3 is 24.9 Å². The van der Waals surface area contributed by atoms with Crippen LogP contribution in [0.1, 0.15) is 78.2 Å². The van der Waals surface area contributed by atoms with Gasteiger partial charge in [0.05, 0.1) is 17.6 Å². The minimum absolute atomic E-state index is 0.110. The maximum atomic E-state index is 12.2. The number of amides is 1. The Kier molecular flexibility index (Phi) is 9.07. The molecular formula is C27H40N2O5Si. The number of ether oxygens (including phenoxy) is 2. The summed E-state index contributed by atoms with van der Waals surface area (Å²) in [7, 11) is -2.05. The Labute approximate surface area is 210 Å². The molecule has 1 heterocycles. The maximum Gasteiger partial charge on any atom is 0.407 e. The maximum absolute atomic E-state index is 12.2. The van der Waals surface area contributed by atoms with Crippen molar-refractivity contribution in [1.82, 2.24) is 10.3 Å². The van der Waals surface area contributed by atoms with Gasteiger partial charge in [-0.25, -0.2) is 9.59 Å². The van der Waals surface area contributed by atoms with Crippen LogP contribution < -0.4 is 10.1 Å². The van der Waals surface area contributed by atoms with Gasteiger partial charge in [0.25, 0.3) is 0 Å². The van der Waals surface area contributed by atoms with Crippen LogP contribution >= 0.6 is 0 Å². The molecule has 0 radical (unpaired) electrons. The van der Waals surface area contributed by atoms with Gasteiger partial charge in [-0.1, -0.05) is 47.5 Å². The molecular weight excluding hydrogens is 460 g/mol. The first kappa shape index (κ1) is 28.3. The van der Waals surface area contributed by atoms with Gasteiger partial charge in [-0.3, -0.25) is 0 Å². The number of alkyl carbamates (subject to hydrolysis) is 1. The van der Waals surface area contributed by atoms with Gasteiger partial charge in [0.15, 0.2) is 0 Å². The van der Waals surface area contributed by atoms with Gasteiger partial charge in [-0.2, -0.15) is 0 Å². The van der Waals surface area contributed by atoms with E-state index in [0.717, 1.165) is 0 Å². The normalized spacial score (nSPS) is 12.1. The number of aromatic nitrogens is 1. The van der Waals surface area contributed by atoms with Gasteiger partial charge in [-0.05, 0) is 49.5 Å². The molecule has 2 aromatic rings. The number of carbonyl (C=O) groups is 2. The number of aromatic carboxylic acids is 1. The number of benzene rings is 1. The zero-order chi connectivity index (χ0) is 26.6. The van der Waals surface area contributed by atoms with E-state index in [4.69, 9.17) is 9.47 Å². The fraction of sp³-hybridized carbons (Fsp3) is 0.556. The third kappa shape index (κ3) is 6.60. The molecule has 0 atom stereocenters. The Morgan fingerprint density at radius 1 is 1.11 bits per heavy atom. The number of fused-ring (bicyclic) bond motifs is 1. The molecule has 0 saturated carbocycles. The molecule has 1 aromatic carbocycles. The first-order valence-electron chi connectivity index (χ1n) is 12.2. The number of carboxylic acids is 1. The molecule has 7 nitrogen and oxygen atoms in total. The number of aromatic amines is 1. The summed E-state index contributed by atoms with van der Waals surface area (Å²) in [5.41, 5.74) is 5.65. The smallest absolute Gasteiger partial charge is 0.407 e. The van der Waals surface area contributed by atoms with Crippen molar-refractivity contribution in [3.63, 3.8) is 0 Å². The van der Waals surface area contributed by atoms with Crippen molar-refractivity contribution < 1.29 is 24.2 Å². The molecule has 0 spiro atoms. The summed E-state index contributed by atoms with van der Waals surface area (Å²) in [4.78, 5) is 27.2. The molecule has 1 amide bonds. The van der Waals surface area contributed by atoms with E-state index in [-0.39, 0.29) is 18.7 Å². The average Bonchev–Trinajstić information content (AvgIpc) is 3.20. The van der Waals surface area contributed by atoms with Crippen molar-refractivity contribution >= 4 is 31.0 Å². The van der Waals surface area contributed by atoms with Crippen molar-refractivity contribution in [2.24, 2.45) is 0 Å². The van der Waals surface area contributed by atoms with Gasteiger partial charge in [0.1, 0.15) is 26.0 Å². The van der Waals surface area contributed by atoms with Crippen LogP contribution in [-0.4, -0.2) is 49.0 Å². The van der Waals surface area contributed by atoms with E-state index in [0.29, 0.717) is 38.8 Å². The van der Waals surface area contributed by atoms with E-state index >= 15 is 0 Å². The Hall–Kier alpha value is -2.92. The second kappa shape index (κ2) is 11.2. The number of H-pyrrole nitrogens is 1. The molecule has 0 fully saturated rings. The van der Waals surface area contributed by atoms with Crippen LogP contribution in [0.2, 0.25) is 16.6 Å². The number of hydrogen-bond donors (Lipinski definition) is 3. The van der Waals surface area contributed by atoms with E-state index in [2.05, 4.69) is 63.3 Å². The SMILES string of the molecule is CC(C)[Si](C#Cc1c(C(=O)O)cc(OCCNC(=O)OC(C)(C)C)c2[nH]ccc12)(C(C)C)C(C)C. The van der Waals surface area contributed by atoms with Gasteiger partial charge >= 0.3 is 12.1 Å². The molecule has 0 aliphatic heterocycles. The molecule has 0 unspecified atom stereocenters. The highest BCUT2D eigenvalue weighted by Crippen LogP contribution is 2.41. The highest BCUT2D eigenvalue weighted by molar-refractivity contribution is 6.90. The van der Waals surface area contributed by atoms with E-state index in [9.17, 15) is 14.7 Å². The van der Waals surface area contributed by atoms with Crippen LogP contribution in [-0.2, 0) is 4.74 Å². The Morgan fingerprint density at radius 3 is 2.23 bits per heavy atom. The van der Waals surface area contributed by atoms with Crippen molar-refractivity contribution in [2.75, 3.05) is 13.2 Å². The van der Waals surface area contributed by atoms with E-state index in [1.807, 2.05) is 6.07 Å². The summed E-state index contributed by atoms with van der Waals surface area (Å²) in [6.45, 7) is 19.1. The molecule has 2 rings (SSSR count). The topological polar surface area (TPSA) is 101 Å². The lowest BCUT2D eigenvalue weighted by molar-refractivity contribution is 0.0520. The lowest BCUT2D eigenvalue weighted by Gasteiger charge is -2.38. The van der Waals surface area contributed by atoms with E-state index in [1.165, 1.54) is 6.07 Å². The lowest BCUT2D eigenvalue weighted by Crippen LogP contribution is -2.43. The molecule has 0 aliphatic rings. The monoisotopic (exact) mass is 500 g/mol. The molecule has 192 valence electrons. The van der Waals surface area contributed by atoms with Gasteiger partial charge in [0, 0.05) is 17.1 Å². The summed E-state index contributed by atoms with van der Waals surface area (Å²) in [5, 5.41) is 13.4. The van der Waals surface area contributed by atoms with Gasteiger partial charge in [0.2, 0.25) is 0 Å². The van der Waals surface area contributed by atoms with Crippen molar-refractivity contribution in [3.05, 3.63) is 29.5 Å². The summed E-state index contributed by atoms with van der Waals surface area (Å²) in [5.74, 6) is 2.67. The van der Waals surface area contributed by atoms with E-state index < -0.39 is 25.7 Å². The van der Waals surface area contributed by atoms with Gasteiger partial charge in [-0.15, -0.1) is 5.54 Å². The van der Waals surface area contributed by atoms with Crippen molar-refractivity contribution in [3.8, 4) is 17.2 Å². The second-order valence-corrected chi connectivity index (χ2v) is 16.4. The molecule has 0 saturated heterocycles. The summed E-state index contributed by atoms with van der Waals surface area (Å²) in [6, 6.07) is 3.35. The van der Waals surface area contributed by atoms with Crippen molar-refractivity contribution in [2.45, 2.75) is 84.5 Å². The van der Waals surface area contributed by atoms with Crippen LogP contribution in [0, 0.1) is 11.5 Å². The standard InChI is InChI=1S/C27H40N2O5Si/c1-17(2)35(18(3)4,19(5)6)15-11-20-21-10-12-28-24(21)23(16-22(20)25(30)31)33-14-13-29-26(32)34-27(7,8)9/h10,12,16-19,28H,13-14H2,1-9H3,(H,29,32)(H,30,31). The molecule has 0 bridgehead atoms. The minimum atomic E-state index is -2.05. The molecule has 35 heavy (non-hydrogen) atoms. The number of rotatable bonds is 8. The number of nitrogens with one attached hydrogen (secondary N) is 2. The Morgan fingerprint density at radius 2 is 1.71 bits per heavy atom. The number of hydrogen-bond acceptors (Lipinski definition) is 4. The fourth-order valence-corrected chi connectivity index (χ4v) is 10.1. The first-order valence-corrected chi connectivity index (χ1v) is 14.4. The molecule has 8 heteroatoms. The fourth-order valence-electron chi connectivity index (χ4n) is 4.85. The zero-order valence-electron chi connectivity index (χ0n) is 22.5. The zero-order valence-corrected chi connectivity index (χ0v) is 23.5. The molecule has 1 aromatic heterocycles. The predicted octanol–water partition coefficient (Wildman–Crippen LogP) is 6.34. The predicted molar refractivity (Wildman–Crippen MR) is 143 cm³/mol. The second-order valence-electron chi connectivity index (χ2n) is 10.8.